The van der Waals surface area contributed by atoms with Crippen LogP contribution in [0.3, 0.4) is 0 Å². The number of hydrogen-bond donors (Lipinski definition) is 1. The topological polar surface area (TPSA) is 55.4 Å². The third-order valence-corrected chi connectivity index (χ3v) is 2.89. The van der Waals surface area contributed by atoms with Crippen LogP contribution in [0.2, 0.25) is 10.0 Å². The first-order chi connectivity index (χ1) is 9.05. The number of halogens is 2. The van der Waals surface area contributed by atoms with E-state index in [0.717, 1.165) is 0 Å². The number of amides is 1. The minimum atomic E-state index is -1.27. The summed E-state index contributed by atoms with van der Waals surface area (Å²) in [6.45, 7) is 6.76. The first-order valence-corrected chi connectivity index (χ1v) is 6.75. The summed E-state index contributed by atoms with van der Waals surface area (Å²) in [7, 11) is 0. The van der Waals surface area contributed by atoms with Crippen molar-refractivity contribution in [3.8, 4) is 0 Å². The van der Waals surface area contributed by atoms with Gasteiger partial charge in [-0.1, -0.05) is 23.2 Å². The summed E-state index contributed by atoms with van der Waals surface area (Å²) in [6, 6.07) is 4.68. The Morgan fingerprint density at radius 1 is 1.15 bits per heavy atom. The predicted octanol–water partition coefficient (Wildman–Crippen LogP) is 3.93. The van der Waals surface area contributed by atoms with E-state index in [2.05, 4.69) is 5.32 Å². The van der Waals surface area contributed by atoms with E-state index in [4.69, 9.17) is 27.9 Å². The number of hydrogen-bond acceptors (Lipinski definition) is 3. The Balaban J connectivity index is 3.02. The second-order valence-corrected chi connectivity index (χ2v) is 6.48. The van der Waals surface area contributed by atoms with E-state index in [1.54, 1.807) is 45.9 Å². The highest BCUT2D eigenvalue weighted by atomic mass is 35.5. The first kappa shape index (κ1) is 16.8. The van der Waals surface area contributed by atoms with Crippen molar-refractivity contribution in [1.29, 1.82) is 0 Å². The molecule has 0 radical (unpaired) electrons. The highest BCUT2D eigenvalue weighted by Crippen LogP contribution is 2.26. The Morgan fingerprint density at radius 3 is 2.05 bits per heavy atom. The molecule has 1 aromatic carbocycles. The molecule has 0 aromatic heterocycles. The van der Waals surface area contributed by atoms with Crippen LogP contribution in [0, 0.1) is 0 Å². The molecule has 1 rings (SSSR count). The number of carbonyl (C=O) groups excluding carboxylic acids is 2. The van der Waals surface area contributed by atoms with Gasteiger partial charge in [0.25, 0.3) is 0 Å². The number of aldehydes is 1. The van der Waals surface area contributed by atoms with Gasteiger partial charge in [0.2, 0.25) is 0 Å². The van der Waals surface area contributed by atoms with Crippen LogP contribution in [-0.4, -0.2) is 18.0 Å². The van der Waals surface area contributed by atoms with Gasteiger partial charge in [0, 0.05) is 10.0 Å². The van der Waals surface area contributed by atoms with Gasteiger partial charge in [0.05, 0.1) is 0 Å². The van der Waals surface area contributed by atoms with E-state index >= 15 is 0 Å². The highest BCUT2D eigenvalue weighted by molar-refractivity contribution is 6.34. The molecule has 1 aromatic rings. The fraction of sp³-hybridized carbons (Fsp3) is 0.429. The zero-order chi connectivity index (χ0) is 15.6. The maximum Gasteiger partial charge on any atom is 0.408 e. The van der Waals surface area contributed by atoms with Gasteiger partial charge in [0.1, 0.15) is 17.4 Å². The minimum Gasteiger partial charge on any atom is -0.444 e. The van der Waals surface area contributed by atoms with E-state index in [0.29, 0.717) is 21.9 Å². The van der Waals surface area contributed by atoms with Crippen LogP contribution in [0.15, 0.2) is 18.2 Å². The van der Waals surface area contributed by atoms with Gasteiger partial charge < -0.3 is 14.8 Å². The molecule has 0 aliphatic carbocycles. The SMILES string of the molecule is CC(C)(C)OC(=O)NC(C)(C=O)c1cc(Cl)cc(Cl)c1. The normalized spacial score (nSPS) is 14.3. The number of alkyl carbamates (subject to hydrolysis) is 1. The van der Waals surface area contributed by atoms with Gasteiger partial charge in [-0.05, 0) is 51.5 Å². The largest absolute Gasteiger partial charge is 0.444 e. The molecule has 20 heavy (non-hydrogen) atoms. The van der Waals surface area contributed by atoms with Gasteiger partial charge in [-0.3, -0.25) is 0 Å². The number of nitrogens with one attached hydrogen (secondary N) is 1. The molecule has 0 aliphatic rings. The van der Waals surface area contributed by atoms with Gasteiger partial charge in [-0.15, -0.1) is 0 Å². The minimum absolute atomic E-state index is 0.381. The lowest BCUT2D eigenvalue weighted by molar-refractivity contribution is -0.113. The van der Waals surface area contributed by atoms with Crippen LogP contribution in [0.1, 0.15) is 33.3 Å². The second-order valence-electron chi connectivity index (χ2n) is 5.61. The second kappa shape index (κ2) is 6.02. The maximum atomic E-state index is 11.8. The van der Waals surface area contributed by atoms with E-state index < -0.39 is 17.2 Å². The third kappa shape index (κ3) is 4.69. The van der Waals surface area contributed by atoms with Crippen molar-refractivity contribution in [2.45, 2.75) is 38.8 Å². The molecule has 110 valence electrons. The number of benzene rings is 1. The predicted molar refractivity (Wildman–Crippen MR) is 79.2 cm³/mol. The Labute approximate surface area is 128 Å². The zero-order valence-corrected chi connectivity index (χ0v) is 13.3. The summed E-state index contributed by atoms with van der Waals surface area (Å²) in [5.74, 6) is 0. The van der Waals surface area contributed by atoms with Crippen molar-refractivity contribution >= 4 is 35.6 Å². The Kier molecular flexibility index (Phi) is 5.05. The highest BCUT2D eigenvalue weighted by Gasteiger charge is 2.31. The molecule has 1 unspecified atom stereocenters. The molecule has 6 heteroatoms. The van der Waals surface area contributed by atoms with Crippen molar-refractivity contribution in [1.82, 2.24) is 5.32 Å². The van der Waals surface area contributed by atoms with Crippen LogP contribution >= 0.6 is 23.2 Å². The van der Waals surface area contributed by atoms with E-state index in [1.165, 1.54) is 0 Å². The molecule has 0 spiro atoms. The Hall–Kier alpha value is -1.26. The summed E-state index contributed by atoms with van der Waals surface area (Å²) >= 11 is 11.8. The van der Waals surface area contributed by atoms with Gasteiger partial charge >= 0.3 is 6.09 Å². The maximum absolute atomic E-state index is 11.8. The molecular formula is C14H17Cl2NO3. The lowest BCUT2D eigenvalue weighted by Crippen LogP contribution is -2.46. The zero-order valence-electron chi connectivity index (χ0n) is 11.8. The Bertz CT molecular complexity index is 505. The smallest absolute Gasteiger partial charge is 0.408 e. The Morgan fingerprint density at radius 2 is 1.65 bits per heavy atom. The molecule has 1 N–H and O–H groups in total. The number of rotatable bonds is 3. The van der Waals surface area contributed by atoms with Crippen molar-refractivity contribution in [3.05, 3.63) is 33.8 Å². The number of ether oxygens (including phenoxy) is 1. The standard InChI is InChI=1S/C14H17Cl2NO3/c1-13(2,3)20-12(19)17-14(4,8-18)9-5-10(15)7-11(16)6-9/h5-8H,1-4H3,(H,17,19). The van der Waals surface area contributed by atoms with Crippen LogP contribution in [0.25, 0.3) is 0 Å². The lowest BCUT2D eigenvalue weighted by Gasteiger charge is -2.28. The van der Waals surface area contributed by atoms with Crippen LogP contribution in [0.4, 0.5) is 4.79 Å². The molecule has 0 fully saturated rings. The molecule has 0 heterocycles. The molecule has 4 nitrogen and oxygen atoms in total. The molecule has 0 saturated heterocycles. The summed E-state index contributed by atoms with van der Waals surface area (Å²) in [5.41, 5.74) is -1.44. The molecule has 1 atom stereocenters. The first-order valence-electron chi connectivity index (χ1n) is 6.00. The van der Waals surface area contributed by atoms with Gasteiger partial charge in [0.15, 0.2) is 0 Å². The van der Waals surface area contributed by atoms with Crippen molar-refractivity contribution in [3.63, 3.8) is 0 Å². The molecule has 0 aliphatic heterocycles. The van der Waals surface area contributed by atoms with Crippen molar-refractivity contribution in [2.75, 3.05) is 0 Å². The van der Waals surface area contributed by atoms with E-state index in [9.17, 15) is 9.59 Å². The summed E-state index contributed by atoms with van der Waals surface area (Å²) in [6.07, 6.45) is -0.0815. The van der Waals surface area contributed by atoms with Crippen molar-refractivity contribution < 1.29 is 14.3 Å². The fourth-order valence-electron chi connectivity index (χ4n) is 1.54. The monoisotopic (exact) mass is 317 g/mol. The summed E-state index contributed by atoms with van der Waals surface area (Å²) in [5, 5.41) is 3.29. The average molecular weight is 318 g/mol. The van der Waals surface area contributed by atoms with Gasteiger partial charge in [-0.2, -0.15) is 0 Å². The fourth-order valence-corrected chi connectivity index (χ4v) is 2.07. The number of carbonyl (C=O) groups is 2. The van der Waals surface area contributed by atoms with E-state index in [-0.39, 0.29) is 0 Å². The lowest BCUT2D eigenvalue weighted by atomic mass is 9.94. The molecule has 1 amide bonds. The van der Waals surface area contributed by atoms with Crippen LogP contribution < -0.4 is 5.32 Å². The summed E-state index contributed by atoms with van der Waals surface area (Å²) in [4.78, 5) is 23.2. The van der Waals surface area contributed by atoms with Crippen LogP contribution in [0.5, 0.6) is 0 Å². The molecule has 0 saturated carbocycles. The third-order valence-electron chi connectivity index (χ3n) is 2.46. The van der Waals surface area contributed by atoms with Gasteiger partial charge in [-0.25, -0.2) is 4.79 Å². The molecular weight excluding hydrogens is 301 g/mol. The quantitative estimate of drug-likeness (QED) is 0.859. The molecule has 0 bridgehead atoms. The average Bonchev–Trinajstić information content (AvgIpc) is 2.24. The van der Waals surface area contributed by atoms with E-state index in [1.807, 2.05) is 0 Å². The van der Waals surface area contributed by atoms with Crippen LogP contribution in [-0.2, 0) is 15.1 Å². The summed E-state index contributed by atoms with van der Waals surface area (Å²) < 4.78 is 5.14. The van der Waals surface area contributed by atoms with Crippen molar-refractivity contribution in [2.24, 2.45) is 0 Å².